The van der Waals surface area contributed by atoms with Crippen molar-refractivity contribution in [2.75, 3.05) is 6.54 Å². The molecule has 0 bridgehead atoms. The normalized spacial score (nSPS) is 11.1. The molecule has 0 amide bonds. The summed E-state index contributed by atoms with van der Waals surface area (Å²) in [7, 11) is 0. The number of aromatic nitrogens is 1. The highest BCUT2D eigenvalue weighted by Crippen LogP contribution is 2.29. The maximum atomic E-state index is 6.20. The van der Waals surface area contributed by atoms with E-state index in [9.17, 15) is 0 Å². The summed E-state index contributed by atoms with van der Waals surface area (Å²) in [5.74, 6) is 0. The Bertz CT molecular complexity index is 567. The zero-order chi connectivity index (χ0) is 13.1. The monoisotopic (exact) mass is 282 g/mol. The van der Waals surface area contributed by atoms with E-state index in [4.69, 9.17) is 23.2 Å². The van der Waals surface area contributed by atoms with Crippen LogP contribution in [0, 0.1) is 6.92 Å². The zero-order valence-corrected chi connectivity index (χ0v) is 12.1. The Hall–Kier alpha value is -0.830. The lowest BCUT2D eigenvalue weighted by molar-refractivity contribution is 0.677. The molecule has 0 saturated carbocycles. The number of hydrogen-bond donors (Lipinski definition) is 1. The summed E-state index contributed by atoms with van der Waals surface area (Å²) in [5.41, 5.74) is 2.99. The van der Waals surface area contributed by atoms with Crippen LogP contribution in [-0.2, 0) is 6.54 Å². The molecular weight excluding hydrogens is 267 g/mol. The molecule has 0 atom stereocenters. The lowest BCUT2D eigenvalue weighted by atomic mass is 10.1. The molecule has 2 aromatic rings. The number of benzene rings is 1. The fraction of sp³-hybridized carbons (Fsp3) is 0.357. The van der Waals surface area contributed by atoms with E-state index in [1.165, 1.54) is 5.56 Å². The minimum absolute atomic E-state index is 0.609. The molecule has 4 heteroatoms. The van der Waals surface area contributed by atoms with Crippen LogP contribution in [0.3, 0.4) is 0 Å². The molecule has 0 aliphatic heterocycles. The van der Waals surface area contributed by atoms with Crippen molar-refractivity contribution in [2.24, 2.45) is 0 Å². The third-order valence-electron chi connectivity index (χ3n) is 2.79. The van der Waals surface area contributed by atoms with Gasteiger partial charge in [0.15, 0.2) is 0 Å². The molecule has 0 radical (unpaired) electrons. The number of aryl methyl sites for hydroxylation is 1. The molecule has 0 saturated heterocycles. The number of halogens is 2. The van der Waals surface area contributed by atoms with Crippen LogP contribution in [0.25, 0.3) is 10.9 Å². The van der Waals surface area contributed by atoms with Gasteiger partial charge in [0.25, 0.3) is 0 Å². The highest BCUT2D eigenvalue weighted by molar-refractivity contribution is 6.38. The third kappa shape index (κ3) is 2.94. The summed E-state index contributed by atoms with van der Waals surface area (Å²) >= 11 is 12.3. The minimum Gasteiger partial charge on any atom is -0.313 e. The van der Waals surface area contributed by atoms with Crippen molar-refractivity contribution < 1.29 is 0 Å². The van der Waals surface area contributed by atoms with Crippen molar-refractivity contribution in [1.29, 1.82) is 0 Å². The van der Waals surface area contributed by atoms with Crippen molar-refractivity contribution >= 4 is 34.1 Å². The first-order valence-electron chi connectivity index (χ1n) is 6.07. The molecule has 1 heterocycles. The van der Waals surface area contributed by atoms with Crippen molar-refractivity contribution in [3.8, 4) is 0 Å². The minimum atomic E-state index is 0.609. The number of nitrogens with one attached hydrogen (secondary N) is 1. The van der Waals surface area contributed by atoms with Crippen molar-refractivity contribution in [1.82, 2.24) is 10.3 Å². The smallest absolute Gasteiger partial charge is 0.0895 e. The van der Waals surface area contributed by atoms with E-state index in [2.05, 4.69) is 23.3 Å². The van der Waals surface area contributed by atoms with E-state index in [0.717, 1.165) is 36.1 Å². The second-order valence-electron chi connectivity index (χ2n) is 4.38. The largest absolute Gasteiger partial charge is 0.313 e. The number of pyridine rings is 1. The molecule has 18 heavy (non-hydrogen) atoms. The van der Waals surface area contributed by atoms with Crippen LogP contribution in [0.1, 0.15) is 24.6 Å². The van der Waals surface area contributed by atoms with Gasteiger partial charge in [0.05, 0.1) is 10.5 Å². The van der Waals surface area contributed by atoms with E-state index >= 15 is 0 Å². The van der Waals surface area contributed by atoms with Gasteiger partial charge in [-0.05, 0) is 43.7 Å². The molecule has 1 N–H and O–H groups in total. The first-order chi connectivity index (χ1) is 8.61. The van der Waals surface area contributed by atoms with Crippen LogP contribution in [0.5, 0.6) is 0 Å². The van der Waals surface area contributed by atoms with Crippen molar-refractivity contribution in [3.63, 3.8) is 0 Å². The number of fused-ring (bicyclic) bond motifs is 1. The molecule has 1 aromatic heterocycles. The lowest BCUT2D eigenvalue weighted by Crippen LogP contribution is -2.14. The molecule has 2 rings (SSSR count). The Morgan fingerprint density at radius 1 is 1.22 bits per heavy atom. The summed E-state index contributed by atoms with van der Waals surface area (Å²) in [6.07, 6.45) is 1.11. The molecule has 0 unspecified atom stereocenters. The number of nitrogens with zero attached hydrogens (tertiary/aromatic N) is 1. The van der Waals surface area contributed by atoms with E-state index in [1.807, 2.05) is 13.0 Å². The quantitative estimate of drug-likeness (QED) is 0.844. The predicted octanol–water partition coefficient (Wildman–Crippen LogP) is 4.35. The Kier molecular flexibility index (Phi) is 4.44. The Morgan fingerprint density at radius 2 is 2.00 bits per heavy atom. The lowest BCUT2D eigenvalue weighted by Gasteiger charge is -2.10. The number of rotatable bonds is 4. The van der Waals surface area contributed by atoms with Gasteiger partial charge in [-0.2, -0.15) is 0 Å². The van der Waals surface area contributed by atoms with Gasteiger partial charge in [-0.3, -0.25) is 4.98 Å². The summed E-state index contributed by atoms with van der Waals surface area (Å²) in [6.45, 7) is 5.94. The molecule has 0 fully saturated rings. The van der Waals surface area contributed by atoms with Crippen LogP contribution < -0.4 is 5.32 Å². The third-order valence-corrected chi connectivity index (χ3v) is 3.29. The average Bonchev–Trinajstić information content (AvgIpc) is 2.31. The van der Waals surface area contributed by atoms with Gasteiger partial charge in [0.1, 0.15) is 0 Å². The highest BCUT2D eigenvalue weighted by atomic mass is 35.5. The first-order valence-corrected chi connectivity index (χ1v) is 6.83. The second kappa shape index (κ2) is 5.87. The average molecular weight is 283 g/mol. The highest BCUT2D eigenvalue weighted by Gasteiger charge is 2.08. The van der Waals surface area contributed by atoms with Gasteiger partial charge >= 0.3 is 0 Å². The van der Waals surface area contributed by atoms with Crippen LogP contribution in [-0.4, -0.2) is 11.5 Å². The fourth-order valence-corrected chi connectivity index (χ4v) is 2.54. The van der Waals surface area contributed by atoms with Crippen LogP contribution >= 0.6 is 23.2 Å². The van der Waals surface area contributed by atoms with Gasteiger partial charge in [-0.1, -0.05) is 30.1 Å². The zero-order valence-electron chi connectivity index (χ0n) is 10.6. The SMILES string of the molecule is CCCNCc1cc(C)nc2c(Cl)cc(Cl)cc12. The Morgan fingerprint density at radius 3 is 2.72 bits per heavy atom. The summed E-state index contributed by atoms with van der Waals surface area (Å²) < 4.78 is 0. The van der Waals surface area contributed by atoms with Gasteiger partial charge in [-0.15, -0.1) is 0 Å². The Labute approximate surface area is 117 Å². The molecule has 2 nitrogen and oxygen atoms in total. The Balaban J connectivity index is 2.50. The maximum Gasteiger partial charge on any atom is 0.0895 e. The summed E-state index contributed by atoms with van der Waals surface area (Å²) in [6, 6.07) is 5.75. The number of hydrogen-bond acceptors (Lipinski definition) is 2. The predicted molar refractivity (Wildman–Crippen MR) is 78.5 cm³/mol. The summed E-state index contributed by atoms with van der Waals surface area (Å²) in [5, 5.41) is 5.68. The van der Waals surface area contributed by atoms with E-state index in [1.54, 1.807) is 6.07 Å². The van der Waals surface area contributed by atoms with E-state index in [-0.39, 0.29) is 0 Å². The van der Waals surface area contributed by atoms with Gasteiger partial charge in [0.2, 0.25) is 0 Å². The summed E-state index contributed by atoms with van der Waals surface area (Å²) in [4.78, 5) is 4.49. The van der Waals surface area contributed by atoms with Gasteiger partial charge < -0.3 is 5.32 Å². The molecule has 0 aliphatic carbocycles. The molecule has 1 aromatic carbocycles. The van der Waals surface area contributed by atoms with Crippen molar-refractivity contribution in [3.05, 3.63) is 39.5 Å². The molecular formula is C14H16Cl2N2. The van der Waals surface area contributed by atoms with E-state index in [0.29, 0.717) is 10.0 Å². The van der Waals surface area contributed by atoms with Crippen LogP contribution in [0.2, 0.25) is 10.0 Å². The van der Waals surface area contributed by atoms with Crippen molar-refractivity contribution in [2.45, 2.75) is 26.8 Å². The standard InChI is InChI=1S/C14H16Cl2N2/c1-3-4-17-8-10-5-9(2)18-14-12(10)6-11(15)7-13(14)16/h5-7,17H,3-4,8H2,1-2H3. The second-order valence-corrected chi connectivity index (χ2v) is 5.23. The van der Waals surface area contributed by atoms with Crippen LogP contribution in [0.4, 0.5) is 0 Å². The van der Waals surface area contributed by atoms with E-state index < -0.39 is 0 Å². The fourth-order valence-electron chi connectivity index (χ4n) is 2.01. The topological polar surface area (TPSA) is 24.9 Å². The molecule has 0 spiro atoms. The van der Waals surface area contributed by atoms with Crippen LogP contribution in [0.15, 0.2) is 18.2 Å². The van der Waals surface area contributed by atoms with Gasteiger partial charge in [0, 0.05) is 22.6 Å². The molecule has 96 valence electrons. The first kappa shape index (κ1) is 13.6. The van der Waals surface area contributed by atoms with Gasteiger partial charge in [-0.25, -0.2) is 0 Å². The maximum absolute atomic E-state index is 6.20. The molecule has 0 aliphatic rings.